The molecule has 1 fully saturated rings. The number of halogens is 1. The first-order valence-corrected chi connectivity index (χ1v) is 6.03. The highest BCUT2D eigenvalue weighted by atomic mass is 35.5. The molecule has 0 aliphatic heterocycles. The molecule has 0 aromatic carbocycles. The van der Waals surface area contributed by atoms with Crippen LogP contribution in [0.2, 0.25) is 5.02 Å². The van der Waals surface area contributed by atoms with E-state index in [2.05, 4.69) is 10.3 Å². The molecule has 1 heterocycles. The Kier molecular flexibility index (Phi) is 3.64. The van der Waals surface area contributed by atoms with Crippen LogP contribution in [0.4, 0.5) is 0 Å². The smallest absolute Gasteiger partial charge is 0.254 e. The second kappa shape index (κ2) is 5.02. The van der Waals surface area contributed by atoms with Gasteiger partial charge in [-0.1, -0.05) is 11.6 Å². The van der Waals surface area contributed by atoms with Gasteiger partial charge in [-0.3, -0.25) is 9.78 Å². The lowest BCUT2D eigenvalue weighted by Crippen LogP contribution is -2.31. The summed E-state index contributed by atoms with van der Waals surface area (Å²) >= 11 is 5.91. The maximum absolute atomic E-state index is 11.8. The normalized spacial score (nSPS) is 16.6. The van der Waals surface area contributed by atoms with E-state index in [-0.39, 0.29) is 17.9 Å². The van der Waals surface area contributed by atoms with Crippen LogP contribution in [0.15, 0.2) is 18.5 Å². The zero-order chi connectivity index (χ0) is 12.3. The van der Waals surface area contributed by atoms with Gasteiger partial charge in [0.05, 0.1) is 10.6 Å². The Labute approximate surface area is 105 Å². The molecule has 4 nitrogen and oxygen atoms in total. The molecule has 1 aliphatic rings. The minimum Gasteiger partial charge on any atom is -0.396 e. The number of carbonyl (C=O) groups is 1. The molecule has 0 saturated heterocycles. The fraction of sp³-hybridized carbons (Fsp3) is 0.500. The predicted molar refractivity (Wildman–Crippen MR) is 65.0 cm³/mol. The van der Waals surface area contributed by atoms with Crippen molar-refractivity contribution in [2.24, 2.45) is 5.41 Å². The van der Waals surface area contributed by atoms with Crippen LogP contribution >= 0.6 is 11.6 Å². The topological polar surface area (TPSA) is 62.2 Å². The molecule has 0 atom stereocenters. The summed E-state index contributed by atoms with van der Waals surface area (Å²) in [5.41, 5.74) is 0.507. The molecule has 2 rings (SSSR count). The molecule has 0 bridgehead atoms. The summed E-state index contributed by atoms with van der Waals surface area (Å²) in [6.45, 7) is 0.765. The van der Waals surface area contributed by atoms with Gasteiger partial charge in [-0.15, -0.1) is 0 Å². The molecular weight excluding hydrogens is 240 g/mol. The van der Waals surface area contributed by atoms with Gasteiger partial charge in [-0.25, -0.2) is 0 Å². The minimum atomic E-state index is -0.202. The largest absolute Gasteiger partial charge is 0.396 e. The van der Waals surface area contributed by atoms with Crippen LogP contribution < -0.4 is 5.32 Å². The zero-order valence-corrected chi connectivity index (χ0v) is 10.2. The van der Waals surface area contributed by atoms with E-state index in [0.29, 0.717) is 17.1 Å². The summed E-state index contributed by atoms with van der Waals surface area (Å²) in [4.78, 5) is 15.7. The Morgan fingerprint density at radius 1 is 1.59 bits per heavy atom. The molecule has 17 heavy (non-hydrogen) atoms. The number of amides is 1. The Balaban J connectivity index is 1.92. The summed E-state index contributed by atoms with van der Waals surface area (Å²) in [6.07, 6.45) is 5.88. The molecule has 1 aliphatic carbocycles. The van der Waals surface area contributed by atoms with Gasteiger partial charge in [0, 0.05) is 25.5 Å². The van der Waals surface area contributed by atoms with E-state index in [0.717, 1.165) is 19.3 Å². The number of rotatable bonds is 5. The number of nitrogens with zero attached hydrogens (tertiary/aromatic N) is 1. The molecule has 1 aromatic rings. The Bertz CT molecular complexity index is 419. The monoisotopic (exact) mass is 254 g/mol. The Hall–Kier alpha value is -1.13. The summed E-state index contributed by atoms with van der Waals surface area (Å²) in [5, 5.41) is 12.2. The first-order valence-electron chi connectivity index (χ1n) is 5.65. The minimum absolute atomic E-state index is 0.110. The number of hydrogen-bond acceptors (Lipinski definition) is 3. The molecule has 0 unspecified atom stereocenters. The predicted octanol–water partition coefficient (Wildman–Crippen LogP) is 1.63. The van der Waals surface area contributed by atoms with Crippen LogP contribution in [0.3, 0.4) is 0 Å². The van der Waals surface area contributed by atoms with Crippen LogP contribution in [0.25, 0.3) is 0 Å². The lowest BCUT2D eigenvalue weighted by atomic mass is 10.0. The summed E-state index contributed by atoms with van der Waals surface area (Å²) in [6, 6.07) is 1.59. The van der Waals surface area contributed by atoms with Crippen molar-refractivity contribution in [3.05, 3.63) is 29.0 Å². The van der Waals surface area contributed by atoms with Crippen molar-refractivity contribution in [3.8, 4) is 0 Å². The van der Waals surface area contributed by atoms with Crippen molar-refractivity contribution in [1.29, 1.82) is 0 Å². The second-order valence-electron chi connectivity index (χ2n) is 4.51. The van der Waals surface area contributed by atoms with Crippen molar-refractivity contribution in [2.75, 3.05) is 13.2 Å². The number of aliphatic hydroxyl groups excluding tert-OH is 1. The van der Waals surface area contributed by atoms with E-state index in [9.17, 15) is 4.79 Å². The van der Waals surface area contributed by atoms with Crippen LogP contribution in [0.5, 0.6) is 0 Å². The summed E-state index contributed by atoms with van der Waals surface area (Å²) < 4.78 is 0. The van der Waals surface area contributed by atoms with Gasteiger partial charge >= 0.3 is 0 Å². The molecule has 1 amide bonds. The lowest BCUT2D eigenvalue weighted by molar-refractivity contribution is 0.0940. The van der Waals surface area contributed by atoms with Gasteiger partial charge in [-0.05, 0) is 30.7 Å². The molecular formula is C12H15ClN2O2. The lowest BCUT2D eigenvalue weighted by Gasteiger charge is -2.14. The fourth-order valence-electron chi connectivity index (χ4n) is 1.84. The standard InChI is InChI=1S/C12H15ClN2O2/c13-10-1-5-14-7-9(10)11(17)15-8-12(2-3-12)4-6-16/h1,5,7,16H,2-4,6,8H2,(H,15,17). The highest BCUT2D eigenvalue weighted by molar-refractivity contribution is 6.33. The van der Waals surface area contributed by atoms with Crippen LogP contribution in [0, 0.1) is 5.41 Å². The van der Waals surface area contributed by atoms with E-state index >= 15 is 0 Å². The van der Waals surface area contributed by atoms with E-state index in [1.165, 1.54) is 6.20 Å². The van der Waals surface area contributed by atoms with Crippen LogP contribution in [-0.4, -0.2) is 29.1 Å². The van der Waals surface area contributed by atoms with E-state index in [4.69, 9.17) is 16.7 Å². The fourth-order valence-corrected chi connectivity index (χ4v) is 2.03. The average molecular weight is 255 g/mol. The molecule has 92 valence electrons. The number of aliphatic hydroxyl groups is 1. The first-order chi connectivity index (χ1) is 8.17. The first kappa shape index (κ1) is 12.3. The van der Waals surface area contributed by atoms with E-state index < -0.39 is 0 Å². The summed E-state index contributed by atoms with van der Waals surface area (Å²) in [5.74, 6) is -0.202. The molecule has 0 spiro atoms. The van der Waals surface area contributed by atoms with Crippen molar-refractivity contribution < 1.29 is 9.90 Å². The highest BCUT2D eigenvalue weighted by Gasteiger charge is 2.41. The van der Waals surface area contributed by atoms with Gasteiger partial charge in [0.15, 0.2) is 0 Å². The third kappa shape index (κ3) is 2.96. The van der Waals surface area contributed by atoms with Gasteiger partial charge in [0.25, 0.3) is 5.91 Å². The number of hydrogen-bond donors (Lipinski definition) is 2. The van der Waals surface area contributed by atoms with Crippen molar-refractivity contribution in [1.82, 2.24) is 10.3 Å². The zero-order valence-electron chi connectivity index (χ0n) is 9.45. The van der Waals surface area contributed by atoms with Crippen molar-refractivity contribution >= 4 is 17.5 Å². The van der Waals surface area contributed by atoms with Crippen molar-refractivity contribution in [3.63, 3.8) is 0 Å². The Morgan fingerprint density at radius 3 is 2.94 bits per heavy atom. The SMILES string of the molecule is O=C(NCC1(CCO)CC1)c1cnccc1Cl. The third-order valence-corrected chi connectivity index (χ3v) is 3.57. The van der Waals surface area contributed by atoms with Crippen LogP contribution in [0.1, 0.15) is 29.6 Å². The quantitative estimate of drug-likeness (QED) is 0.840. The third-order valence-electron chi connectivity index (χ3n) is 3.24. The second-order valence-corrected chi connectivity index (χ2v) is 4.92. The van der Waals surface area contributed by atoms with E-state index in [1.807, 2.05) is 0 Å². The maximum atomic E-state index is 11.8. The number of aromatic nitrogens is 1. The number of nitrogens with one attached hydrogen (secondary N) is 1. The van der Waals surface area contributed by atoms with Gasteiger partial charge < -0.3 is 10.4 Å². The molecule has 5 heteroatoms. The Morgan fingerprint density at radius 2 is 2.35 bits per heavy atom. The van der Waals surface area contributed by atoms with E-state index in [1.54, 1.807) is 12.3 Å². The van der Waals surface area contributed by atoms with Crippen molar-refractivity contribution in [2.45, 2.75) is 19.3 Å². The van der Waals surface area contributed by atoms with Gasteiger partial charge in [0.1, 0.15) is 0 Å². The van der Waals surface area contributed by atoms with Gasteiger partial charge in [-0.2, -0.15) is 0 Å². The molecule has 1 saturated carbocycles. The molecule has 0 radical (unpaired) electrons. The molecule has 2 N–H and O–H groups in total. The molecule has 1 aromatic heterocycles. The van der Waals surface area contributed by atoms with Gasteiger partial charge in [0.2, 0.25) is 0 Å². The average Bonchev–Trinajstić information content (AvgIpc) is 3.08. The van der Waals surface area contributed by atoms with Crippen LogP contribution in [-0.2, 0) is 0 Å². The summed E-state index contributed by atoms with van der Waals surface area (Å²) in [7, 11) is 0. The highest BCUT2D eigenvalue weighted by Crippen LogP contribution is 2.47. The number of pyridine rings is 1. The maximum Gasteiger partial charge on any atom is 0.254 e. The number of carbonyl (C=O) groups excluding carboxylic acids is 1.